The molecule has 2 aromatic rings. The second-order valence-electron chi connectivity index (χ2n) is 6.59. The number of methoxy groups -OCH3 is 1. The van der Waals surface area contributed by atoms with Gasteiger partial charge in [0.25, 0.3) is 0 Å². The van der Waals surface area contributed by atoms with E-state index >= 15 is 0 Å². The van der Waals surface area contributed by atoms with Gasteiger partial charge in [-0.2, -0.15) is 4.31 Å². The number of rotatable bonds is 6. The Balaban J connectivity index is 1.52. The number of carbonyl (C=O) groups is 1. The van der Waals surface area contributed by atoms with Crippen LogP contribution in [0.5, 0.6) is 5.75 Å². The van der Waals surface area contributed by atoms with E-state index in [1.165, 1.54) is 16.4 Å². The zero-order chi connectivity index (χ0) is 20.1. The number of aryl methyl sites for hydroxylation is 1. The van der Waals surface area contributed by atoms with Gasteiger partial charge in [-0.15, -0.1) is 0 Å². The predicted octanol–water partition coefficient (Wildman–Crippen LogP) is 2.81. The molecule has 0 unspecified atom stereocenters. The van der Waals surface area contributed by atoms with Crippen molar-refractivity contribution >= 4 is 27.5 Å². The summed E-state index contributed by atoms with van der Waals surface area (Å²) in [6.45, 7) is 1.38. The monoisotopic (exact) mass is 422 g/mol. The van der Waals surface area contributed by atoms with Crippen LogP contribution in [0, 0.1) is 0 Å². The van der Waals surface area contributed by atoms with Crippen molar-refractivity contribution in [1.29, 1.82) is 0 Å². The molecular formula is C20H23ClN2O4S. The lowest BCUT2D eigenvalue weighted by Crippen LogP contribution is -2.50. The summed E-state index contributed by atoms with van der Waals surface area (Å²) in [6, 6.07) is 13.8. The van der Waals surface area contributed by atoms with Crippen LogP contribution in [0.1, 0.15) is 12.0 Å². The van der Waals surface area contributed by atoms with Gasteiger partial charge in [-0.25, -0.2) is 8.42 Å². The second-order valence-corrected chi connectivity index (χ2v) is 8.96. The highest BCUT2D eigenvalue weighted by Gasteiger charge is 2.29. The van der Waals surface area contributed by atoms with Crippen LogP contribution >= 0.6 is 11.6 Å². The third-order valence-electron chi connectivity index (χ3n) is 4.83. The smallest absolute Gasteiger partial charge is 0.243 e. The van der Waals surface area contributed by atoms with Gasteiger partial charge in [-0.3, -0.25) is 4.79 Å². The first-order valence-electron chi connectivity index (χ1n) is 9.06. The van der Waals surface area contributed by atoms with Crippen molar-refractivity contribution in [3.63, 3.8) is 0 Å². The largest absolute Gasteiger partial charge is 0.497 e. The van der Waals surface area contributed by atoms with E-state index in [0.29, 0.717) is 44.0 Å². The Labute approximate surface area is 170 Å². The number of sulfonamides is 1. The minimum absolute atomic E-state index is 0.0411. The molecule has 0 radical (unpaired) electrons. The summed E-state index contributed by atoms with van der Waals surface area (Å²) in [6.07, 6.45) is 1.04. The number of carbonyl (C=O) groups excluding carboxylic acids is 1. The molecule has 3 rings (SSSR count). The van der Waals surface area contributed by atoms with Gasteiger partial charge in [0.2, 0.25) is 15.9 Å². The predicted molar refractivity (Wildman–Crippen MR) is 108 cm³/mol. The Morgan fingerprint density at radius 3 is 2.18 bits per heavy atom. The fraction of sp³-hybridized carbons (Fsp3) is 0.350. The lowest BCUT2D eigenvalue weighted by atomic mass is 10.1. The fourth-order valence-electron chi connectivity index (χ4n) is 3.14. The number of hydrogen-bond donors (Lipinski definition) is 0. The lowest BCUT2D eigenvalue weighted by molar-refractivity contribution is -0.132. The molecule has 0 aromatic heterocycles. The van der Waals surface area contributed by atoms with Gasteiger partial charge in [0.05, 0.1) is 12.0 Å². The average molecular weight is 423 g/mol. The minimum atomic E-state index is -3.56. The van der Waals surface area contributed by atoms with Crippen LogP contribution in [0.3, 0.4) is 0 Å². The van der Waals surface area contributed by atoms with Crippen LogP contribution in [0.15, 0.2) is 53.4 Å². The van der Waals surface area contributed by atoms with Gasteiger partial charge in [0.1, 0.15) is 5.75 Å². The summed E-state index contributed by atoms with van der Waals surface area (Å²) in [4.78, 5) is 14.4. The number of amides is 1. The number of hydrogen-bond acceptors (Lipinski definition) is 4. The van der Waals surface area contributed by atoms with Gasteiger partial charge in [-0.05, 0) is 48.4 Å². The van der Waals surface area contributed by atoms with Crippen LogP contribution in [-0.2, 0) is 21.2 Å². The summed E-state index contributed by atoms with van der Waals surface area (Å²) in [7, 11) is -1.95. The highest BCUT2D eigenvalue weighted by Crippen LogP contribution is 2.20. The van der Waals surface area contributed by atoms with Gasteiger partial charge in [-0.1, -0.05) is 23.7 Å². The SMILES string of the molecule is COc1ccc(CCC(=O)N2CCN(S(=O)(=O)c3ccc(Cl)cc3)CC2)cc1. The van der Waals surface area contributed by atoms with Crippen LogP contribution in [-0.4, -0.2) is 56.8 Å². The third kappa shape index (κ3) is 4.84. The van der Waals surface area contributed by atoms with Crippen molar-refractivity contribution < 1.29 is 17.9 Å². The van der Waals surface area contributed by atoms with E-state index in [1.54, 1.807) is 24.1 Å². The van der Waals surface area contributed by atoms with E-state index < -0.39 is 10.0 Å². The zero-order valence-corrected chi connectivity index (χ0v) is 17.2. The molecule has 8 heteroatoms. The Bertz CT molecular complexity index is 906. The minimum Gasteiger partial charge on any atom is -0.497 e. The van der Waals surface area contributed by atoms with Gasteiger partial charge in [0, 0.05) is 37.6 Å². The third-order valence-corrected chi connectivity index (χ3v) is 6.99. The van der Waals surface area contributed by atoms with Gasteiger partial charge >= 0.3 is 0 Å². The summed E-state index contributed by atoms with van der Waals surface area (Å²) < 4.78 is 32.0. The molecule has 0 spiro atoms. The van der Waals surface area contributed by atoms with Gasteiger partial charge < -0.3 is 9.64 Å². The van der Waals surface area contributed by atoms with Crippen molar-refractivity contribution in [1.82, 2.24) is 9.21 Å². The Morgan fingerprint density at radius 2 is 1.61 bits per heavy atom. The van der Waals surface area contributed by atoms with Crippen molar-refractivity contribution in [2.75, 3.05) is 33.3 Å². The fourth-order valence-corrected chi connectivity index (χ4v) is 4.68. The first kappa shape index (κ1) is 20.6. The highest BCUT2D eigenvalue weighted by molar-refractivity contribution is 7.89. The van der Waals surface area contributed by atoms with Crippen molar-refractivity contribution in [3.8, 4) is 5.75 Å². The summed E-state index contributed by atoms with van der Waals surface area (Å²) in [5, 5.41) is 0.492. The molecular weight excluding hydrogens is 400 g/mol. The molecule has 1 fully saturated rings. The van der Waals surface area contributed by atoms with E-state index in [-0.39, 0.29) is 10.8 Å². The average Bonchev–Trinajstić information content (AvgIpc) is 2.73. The van der Waals surface area contributed by atoms with Crippen LogP contribution in [0.4, 0.5) is 0 Å². The summed E-state index contributed by atoms with van der Waals surface area (Å²) >= 11 is 5.83. The molecule has 150 valence electrons. The normalized spacial score (nSPS) is 15.4. The quantitative estimate of drug-likeness (QED) is 0.717. The molecule has 1 aliphatic heterocycles. The van der Waals surface area contributed by atoms with Crippen molar-refractivity contribution in [3.05, 3.63) is 59.1 Å². The molecule has 28 heavy (non-hydrogen) atoms. The van der Waals surface area contributed by atoms with E-state index in [9.17, 15) is 13.2 Å². The van der Waals surface area contributed by atoms with Gasteiger partial charge in [0.15, 0.2) is 0 Å². The molecule has 1 saturated heterocycles. The first-order chi connectivity index (χ1) is 13.4. The maximum Gasteiger partial charge on any atom is 0.243 e. The van der Waals surface area contributed by atoms with Crippen LogP contribution < -0.4 is 4.74 Å². The molecule has 0 N–H and O–H groups in total. The van der Waals surface area contributed by atoms with Crippen LogP contribution in [0.2, 0.25) is 5.02 Å². The number of nitrogens with zero attached hydrogens (tertiary/aromatic N) is 2. The Morgan fingerprint density at radius 1 is 1.00 bits per heavy atom. The Hall–Kier alpha value is -2.09. The molecule has 0 saturated carbocycles. The number of piperazine rings is 1. The maximum absolute atomic E-state index is 12.7. The number of halogens is 1. The zero-order valence-electron chi connectivity index (χ0n) is 15.7. The van der Waals surface area contributed by atoms with E-state index in [4.69, 9.17) is 16.3 Å². The van der Waals surface area contributed by atoms with E-state index in [0.717, 1.165) is 11.3 Å². The molecule has 1 amide bonds. The number of benzene rings is 2. The molecule has 1 heterocycles. The number of ether oxygens (including phenoxy) is 1. The maximum atomic E-state index is 12.7. The van der Waals surface area contributed by atoms with Crippen molar-refractivity contribution in [2.24, 2.45) is 0 Å². The lowest BCUT2D eigenvalue weighted by Gasteiger charge is -2.34. The molecule has 2 aromatic carbocycles. The molecule has 0 bridgehead atoms. The van der Waals surface area contributed by atoms with E-state index in [1.807, 2.05) is 24.3 Å². The topological polar surface area (TPSA) is 66.9 Å². The first-order valence-corrected chi connectivity index (χ1v) is 10.9. The standard InChI is InChI=1S/C20H23ClN2O4S/c1-27-18-7-2-16(3-8-18)4-11-20(24)22-12-14-23(15-13-22)28(25,26)19-9-5-17(21)6-10-19/h2-3,5-10H,4,11-15H2,1H3. The van der Waals surface area contributed by atoms with E-state index in [2.05, 4.69) is 0 Å². The van der Waals surface area contributed by atoms with Crippen LogP contribution in [0.25, 0.3) is 0 Å². The molecule has 0 atom stereocenters. The highest BCUT2D eigenvalue weighted by atomic mass is 35.5. The van der Waals surface area contributed by atoms with Crippen molar-refractivity contribution in [2.45, 2.75) is 17.7 Å². The Kier molecular flexibility index (Phi) is 6.59. The molecule has 6 nitrogen and oxygen atoms in total. The summed E-state index contributed by atoms with van der Waals surface area (Å²) in [5.74, 6) is 0.826. The summed E-state index contributed by atoms with van der Waals surface area (Å²) in [5.41, 5.74) is 1.07. The molecule has 1 aliphatic rings. The molecule has 0 aliphatic carbocycles. The second kappa shape index (κ2) is 8.94.